The first-order valence-corrected chi connectivity index (χ1v) is 9.10. The van der Waals surface area contributed by atoms with E-state index in [9.17, 15) is 9.50 Å². The first-order valence-electron chi connectivity index (χ1n) is 9.10. The second-order valence-corrected chi connectivity index (χ2v) is 7.24. The Hall–Kier alpha value is -1.71. The lowest BCUT2D eigenvalue weighted by molar-refractivity contribution is 0.218. The van der Waals surface area contributed by atoms with Crippen LogP contribution in [0.1, 0.15) is 55.0 Å². The maximum absolute atomic E-state index is 14.2. The van der Waals surface area contributed by atoms with Gasteiger partial charge in [-0.2, -0.15) is 0 Å². The molecule has 0 aliphatic carbocycles. The van der Waals surface area contributed by atoms with E-state index in [-0.39, 0.29) is 30.3 Å². The molecule has 2 atom stereocenters. The predicted octanol–water partition coefficient (Wildman–Crippen LogP) is 4.76. The van der Waals surface area contributed by atoms with E-state index in [0.29, 0.717) is 6.54 Å². The van der Waals surface area contributed by atoms with Crippen LogP contribution in [0, 0.1) is 18.7 Å². The van der Waals surface area contributed by atoms with Crippen molar-refractivity contribution < 1.29 is 9.50 Å². The zero-order chi connectivity index (χ0) is 18.4. The van der Waals surface area contributed by atoms with Crippen LogP contribution in [0.3, 0.4) is 0 Å². The van der Waals surface area contributed by atoms with Crippen LogP contribution in [-0.2, 0) is 6.42 Å². The fraction of sp³-hybridized carbons (Fsp3) is 0.455. The highest BCUT2D eigenvalue weighted by Crippen LogP contribution is 2.22. The molecule has 0 spiro atoms. The third-order valence-electron chi connectivity index (χ3n) is 4.89. The average Bonchev–Trinajstić information content (AvgIpc) is 2.59. The molecule has 0 fully saturated rings. The Morgan fingerprint density at radius 2 is 1.80 bits per heavy atom. The summed E-state index contributed by atoms with van der Waals surface area (Å²) in [6.45, 7) is 8.95. The number of aryl methyl sites for hydroxylation is 1. The van der Waals surface area contributed by atoms with Crippen molar-refractivity contribution in [3.8, 4) is 0 Å². The Morgan fingerprint density at radius 1 is 1.08 bits per heavy atom. The van der Waals surface area contributed by atoms with Crippen LogP contribution in [0.15, 0.2) is 42.5 Å². The maximum Gasteiger partial charge on any atom is 0.126 e. The molecule has 0 saturated heterocycles. The first-order chi connectivity index (χ1) is 11.9. The molecule has 2 N–H and O–H groups in total. The van der Waals surface area contributed by atoms with Gasteiger partial charge < -0.3 is 10.4 Å². The zero-order valence-corrected chi connectivity index (χ0v) is 15.7. The average molecular weight is 343 g/mol. The van der Waals surface area contributed by atoms with E-state index in [4.69, 9.17) is 0 Å². The quantitative estimate of drug-likeness (QED) is 0.724. The number of aliphatic hydroxyl groups is 1. The van der Waals surface area contributed by atoms with Crippen molar-refractivity contribution in [1.29, 1.82) is 0 Å². The standard InChI is InChI=1S/C22H30FNO/c1-15(2)21-10-9-20(12-22(21)23)17(4)24-13-18(14-25)11-19-8-6-5-7-16(19)3/h5-10,12,15,17-18,24-25H,11,13-14H2,1-4H3. The van der Waals surface area contributed by atoms with Crippen LogP contribution in [-0.4, -0.2) is 18.3 Å². The molecule has 25 heavy (non-hydrogen) atoms. The van der Waals surface area contributed by atoms with E-state index in [1.807, 2.05) is 45.0 Å². The minimum Gasteiger partial charge on any atom is -0.396 e. The van der Waals surface area contributed by atoms with Crippen molar-refractivity contribution >= 4 is 0 Å². The van der Waals surface area contributed by atoms with E-state index < -0.39 is 0 Å². The Bertz CT molecular complexity index is 683. The summed E-state index contributed by atoms with van der Waals surface area (Å²) in [5.41, 5.74) is 4.21. The Balaban J connectivity index is 1.96. The fourth-order valence-corrected chi connectivity index (χ4v) is 3.09. The van der Waals surface area contributed by atoms with Crippen molar-refractivity contribution in [1.82, 2.24) is 5.32 Å². The van der Waals surface area contributed by atoms with E-state index >= 15 is 0 Å². The van der Waals surface area contributed by atoms with Gasteiger partial charge in [0.25, 0.3) is 0 Å². The largest absolute Gasteiger partial charge is 0.396 e. The lowest BCUT2D eigenvalue weighted by Gasteiger charge is -2.21. The van der Waals surface area contributed by atoms with Crippen molar-refractivity contribution in [3.05, 3.63) is 70.5 Å². The second-order valence-electron chi connectivity index (χ2n) is 7.24. The number of aliphatic hydroxyl groups excluding tert-OH is 1. The summed E-state index contributed by atoms with van der Waals surface area (Å²) in [5.74, 6) is 0.188. The molecule has 0 bridgehead atoms. The molecular formula is C22H30FNO. The third-order valence-corrected chi connectivity index (χ3v) is 4.89. The molecule has 0 radical (unpaired) electrons. The molecule has 0 aliphatic rings. The zero-order valence-electron chi connectivity index (χ0n) is 15.7. The molecule has 2 nitrogen and oxygen atoms in total. The molecule has 0 amide bonds. The minimum atomic E-state index is -0.139. The third kappa shape index (κ3) is 5.38. The normalized spacial score (nSPS) is 13.9. The molecule has 0 aliphatic heterocycles. The van der Waals surface area contributed by atoms with Gasteiger partial charge in [-0.05, 0) is 60.4 Å². The van der Waals surface area contributed by atoms with Crippen LogP contribution >= 0.6 is 0 Å². The smallest absolute Gasteiger partial charge is 0.126 e. The summed E-state index contributed by atoms with van der Waals surface area (Å²) < 4.78 is 14.2. The van der Waals surface area contributed by atoms with Crippen molar-refractivity contribution in [2.24, 2.45) is 5.92 Å². The van der Waals surface area contributed by atoms with Gasteiger partial charge in [-0.25, -0.2) is 4.39 Å². The van der Waals surface area contributed by atoms with Gasteiger partial charge in [0, 0.05) is 19.2 Å². The Kier molecular flexibility index (Phi) is 7.15. The van der Waals surface area contributed by atoms with Crippen molar-refractivity contribution in [2.75, 3.05) is 13.2 Å². The summed E-state index contributed by atoms with van der Waals surface area (Å²) in [7, 11) is 0. The number of hydrogen-bond donors (Lipinski definition) is 2. The van der Waals surface area contributed by atoms with E-state index in [1.54, 1.807) is 6.07 Å². The summed E-state index contributed by atoms with van der Waals surface area (Å²) in [4.78, 5) is 0. The first kappa shape index (κ1) is 19.6. The van der Waals surface area contributed by atoms with Crippen LogP contribution in [0.25, 0.3) is 0 Å². The van der Waals surface area contributed by atoms with Gasteiger partial charge in [-0.15, -0.1) is 0 Å². The van der Waals surface area contributed by atoms with Crippen LogP contribution < -0.4 is 5.32 Å². The van der Waals surface area contributed by atoms with Crippen molar-refractivity contribution in [2.45, 2.75) is 46.1 Å². The summed E-state index contributed by atoms with van der Waals surface area (Å²) >= 11 is 0. The number of nitrogens with one attached hydrogen (secondary N) is 1. The molecule has 2 aromatic carbocycles. The van der Waals surface area contributed by atoms with Gasteiger partial charge >= 0.3 is 0 Å². The van der Waals surface area contributed by atoms with Gasteiger partial charge in [-0.3, -0.25) is 0 Å². The molecule has 0 heterocycles. The van der Waals surface area contributed by atoms with Gasteiger partial charge in [0.05, 0.1) is 0 Å². The van der Waals surface area contributed by atoms with E-state index in [0.717, 1.165) is 17.5 Å². The SMILES string of the molecule is Cc1ccccc1CC(CO)CNC(C)c1ccc(C(C)C)c(F)c1. The highest BCUT2D eigenvalue weighted by atomic mass is 19.1. The van der Waals surface area contributed by atoms with Gasteiger partial charge in [0.1, 0.15) is 5.82 Å². The van der Waals surface area contributed by atoms with Crippen LogP contribution in [0.4, 0.5) is 4.39 Å². The van der Waals surface area contributed by atoms with E-state index in [2.05, 4.69) is 24.4 Å². The molecule has 0 saturated carbocycles. The van der Waals surface area contributed by atoms with Gasteiger partial charge in [0.15, 0.2) is 0 Å². The molecule has 2 aromatic rings. The topological polar surface area (TPSA) is 32.3 Å². The number of hydrogen-bond acceptors (Lipinski definition) is 2. The highest BCUT2D eigenvalue weighted by molar-refractivity contribution is 5.28. The maximum atomic E-state index is 14.2. The summed E-state index contributed by atoms with van der Waals surface area (Å²) in [5, 5.41) is 13.1. The number of halogens is 1. The Labute approximate surface area is 151 Å². The Morgan fingerprint density at radius 3 is 2.40 bits per heavy atom. The predicted molar refractivity (Wildman–Crippen MR) is 102 cm³/mol. The molecule has 136 valence electrons. The van der Waals surface area contributed by atoms with Gasteiger partial charge in [0.2, 0.25) is 0 Å². The van der Waals surface area contributed by atoms with E-state index in [1.165, 1.54) is 11.1 Å². The van der Waals surface area contributed by atoms with Crippen LogP contribution in [0.2, 0.25) is 0 Å². The highest BCUT2D eigenvalue weighted by Gasteiger charge is 2.14. The second kappa shape index (κ2) is 9.12. The summed E-state index contributed by atoms with van der Waals surface area (Å²) in [6, 6.07) is 13.8. The molecule has 2 unspecified atom stereocenters. The van der Waals surface area contributed by atoms with Crippen LogP contribution in [0.5, 0.6) is 0 Å². The molecule has 2 rings (SSSR count). The summed E-state index contributed by atoms with van der Waals surface area (Å²) in [6.07, 6.45) is 0.837. The van der Waals surface area contributed by atoms with Crippen molar-refractivity contribution in [3.63, 3.8) is 0 Å². The monoisotopic (exact) mass is 343 g/mol. The molecule has 0 aromatic heterocycles. The lowest BCUT2D eigenvalue weighted by atomic mass is 9.95. The fourth-order valence-electron chi connectivity index (χ4n) is 3.09. The van der Waals surface area contributed by atoms with Gasteiger partial charge in [-0.1, -0.05) is 50.2 Å². The molecule has 3 heteroatoms. The minimum absolute atomic E-state index is 0.0432. The molecular weight excluding hydrogens is 313 g/mol. The lowest BCUT2D eigenvalue weighted by Crippen LogP contribution is -2.29. The number of rotatable bonds is 8. The number of benzene rings is 2.